The molecule has 0 amide bonds. The Morgan fingerprint density at radius 2 is 1.89 bits per heavy atom. The summed E-state index contributed by atoms with van der Waals surface area (Å²) in [5, 5.41) is 3.99. The fourth-order valence-electron chi connectivity index (χ4n) is 1.29. The molecule has 0 spiro atoms. The molecule has 0 saturated heterocycles. The lowest BCUT2D eigenvalue weighted by Crippen LogP contribution is -2.00. The molecule has 0 fully saturated rings. The van der Waals surface area contributed by atoms with Gasteiger partial charge in [-0.1, -0.05) is 18.7 Å². The van der Waals surface area contributed by atoms with Crippen molar-refractivity contribution in [3.8, 4) is 5.75 Å². The van der Waals surface area contributed by atoms with E-state index < -0.39 is 0 Å². The first-order chi connectivity index (χ1) is 8.67. The molecule has 0 aliphatic heterocycles. The van der Waals surface area contributed by atoms with Gasteiger partial charge >= 0.3 is 0 Å². The molecule has 0 saturated carbocycles. The molecule has 1 aromatic carbocycles. The van der Waals surface area contributed by atoms with Gasteiger partial charge in [-0.2, -0.15) is 0 Å². The Balaban J connectivity index is 2.59. The standard InChI is InChI=1S/C15H21NO2/c1-5-12(3)11-17-15-9-7-14(8-10-15)13(4)16-18-6-2/h7-10H,3,5-6,11H2,1-2,4H3. The zero-order valence-corrected chi connectivity index (χ0v) is 11.4. The lowest BCUT2D eigenvalue weighted by Gasteiger charge is -2.08. The van der Waals surface area contributed by atoms with Gasteiger partial charge in [-0.25, -0.2) is 0 Å². The van der Waals surface area contributed by atoms with Crippen LogP contribution in [0.15, 0.2) is 41.6 Å². The molecular weight excluding hydrogens is 226 g/mol. The van der Waals surface area contributed by atoms with E-state index in [1.54, 1.807) is 0 Å². The number of oxime groups is 1. The van der Waals surface area contributed by atoms with Crippen LogP contribution in [-0.4, -0.2) is 18.9 Å². The molecule has 0 aromatic heterocycles. The van der Waals surface area contributed by atoms with Crippen molar-refractivity contribution in [2.45, 2.75) is 27.2 Å². The molecule has 3 heteroatoms. The Labute approximate surface area is 109 Å². The fraction of sp³-hybridized carbons (Fsp3) is 0.400. The maximum absolute atomic E-state index is 5.60. The Morgan fingerprint density at radius 1 is 1.22 bits per heavy atom. The van der Waals surface area contributed by atoms with Gasteiger partial charge in [0, 0.05) is 0 Å². The molecule has 0 heterocycles. The summed E-state index contributed by atoms with van der Waals surface area (Å²) in [4.78, 5) is 5.02. The summed E-state index contributed by atoms with van der Waals surface area (Å²) < 4.78 is 5.60. The van der Waals surface area contributed by atoms with E-state index >= 15 is 0 Å². The molecule has 98 valence electrons. The first-order valence-electron chi connectivity index (χ1n) is 6.23. The predicted octanol–water partition coefficient (Wildman–Crippen LogP) is 3.79. The largest absolute Gasteiger partial charge is 0.489 e. The summed E-state index contributed by atoms with van der Waals surface area (Å²) in [6.07, 6.45) is 0.943. The molecule has 0 bridgehead atoms. The number of rotatable bonds is 7. The number of nitrogens with zero attached hydrogens (tertiary/aromatic N) is 1. The second kappa shape index (κ2) is 7.54. The van der Waals surface area contributed by atoms with Crippen molar-refractivity contribution in [1.29, 1.82) is 0 Å². The highest BCUT2D eigenvalue weighted by atomic mass is 16.6. The smallest absolute Gasteiger partial charge is 0.119 e. The molecule has 0 aliphatic carbocycles. The van der Waals surface area contributed by atoms with Crippen LogP contribution in [0.5, 0.6) is 5.75 Å². The van der Waals surface area contributed by atoms with Gasteiger partial charge in [-0.15, -0.1) is 0 Å². The van der Waals surface area contributed by atoms with Crippen LogP contribution in [0.25, 0.3) is 0 Å². The molecule has 0 N–H and O–H groups in total. The van der Waals surface area contributed by atoms with Gasteiger partial charge in [0.2, 0.25) is 0 Å². The zero-order chi connectivity index (χ0) is 13.4. The van der Waals surface area contributed by atoms with E-state index in [1.165, 1.54) is 0 Å². The highest BCUT2D eigenvalue weighted by Gasteiger charge is 2.00. The van der Waals surface area contributed by atoms with E-state index in [4.69, 9.17) is 9.57 Å². The maximum atomic E-state index is 5.60. The van der Waals surface area contributed by atoms with E-state index in [2.05, 4.69) is 18.7 Å². The third-order valence-electron chi connectivity index (χ3n) is 2.55. The van der Waals surface area contributed by atoms with Crippen molar-refractivity contribution in [3.05, 3.63) is 42.0 Å². The quantitative estimate of drug-likeness (QED) is 0.417. The van der Waals surface area contributed by atoms with Crippen molar-refractivity contribution in [1.82, 2.24) is 0 Å². The molecular formula is C15H21NO2. The summed E-state index contributed by atoms with van der Waals surface area (Å²) in [6, 6.07) is 7.82. The highest BCUT2D eigenvalue weighted by Crippen LogP contribution is 2.14. The summed E-state index contributed by atoms with van der Waals surface area (Å²) >= 11 is 0. The third-order valence-corrected chi connectivity index (χ3v) is 2.55. The van der Waals surface area contributed by atoms with Crippen molar-refractivity contribution in [2.24, 2.45) is 5.16 Å². The lowest BCUT2D eigenvalue weighted by molar-refractivity contribution is 0.159. The van der Waals surface area contributed by atoms with Crippen molar-refractivity contribution in [2.75, 3.05) is 13.2 Å². The van der Waals surface area contributed by atoms with Gasteiger partial charge in [0.15, 0.2) is 0 Å². The van der Waals surface area contributed by atoms with Crippen LogP contribution in [0.2, 0.25) is 0 Å². The minimum Gasteiger partial charge on any atom is -0.489 e. The highest BCUT2D eigenvalue weighted by molar-refractivity contribution is 5.98. The average molecular weight is 247 g/mol. The Kier molecular flexibility index (Phi) is 5.98. The molecule has 18 heavy (non-hydrogen) atoms. The maximum Gasteiger partial charge on any atom is 0.119 e. The van der Waals surface area contributed by atoms with Gasteiger partial charge < -0.3 is 9.57 Å². The number of hydrogen-bond donors (Lipinski definition) is 0. The molecule has 3 nitrogen and oxygen atoms in total. The van der Waals surface area contributed by atoms with Gasteiger partial charge in [0.25, 0.3) is 0 Å². The van der Waals surface area contributed by atoms with E-state index in [9.17, 15) is 0 Å². The molecule has 0 radical (unpaired) electrons. The Bertz CT molecular complexity index is 407. The van der Waals surface area contributed by atoms with Gasteiger partial charge in [-0.3, -0.25) is 0 Å². The van der Waals surface area contributed by atoms with Crippen molar-refractivity contribution >= 4 is 5.71 Å². The van der Waals surface area contributed by atoms with Gasteiger partial charge in [-0.05, 0) is 55.7 Å². The topological polar surface area (TPSA) is 30.8 Å². The van der Waals surface area contributed by atoms with E-state index in [-0.39, 0.29) is 0 Å². The number of benzene rings is 1. The zero-order valence-electron chi connectivity index (χ0n) is 11.4. The predicted molar refractivity (Wildman–Crippen MR) is 75.2 cm³/mol. The first-order valence-corrected chi connectivity index (χ1v) is 6.23. The van der Waals surface area contributed by atoms with Crippen LogP contribution in [-0.2, 0) is 4.84 Å². The third kappa shape index (κ3) is 4.62. The first kappa shape index (κ1) is 14.3. The second-order valence-corrected chi connectivity index (χ2v) is 4.01. The molecule has 0 unspecified atom stereocenters. The van der Waals surface area contributed by atoms with E-state index in [1.807, 2.05) is 38.1 Å². The van der Waals surface area contributed by atoms with Crippen LogP contribution in [0.4, 0.5) is 0 Å². The summed E-state index contributed by atoms with van der Waals surface area (Å²) in [6.45, 7) is 11.0. The van der Waals surface area contributed by atoms with Crippen molar-refractivity contribution in [3.63, 3.8) is 0 Å². The monoisotopic (exact) mass is 247 g/mol. The second-order valence-electron chi connectivity index (χ2n) is 4.01. The SMILES string of the molecule is C=C(CC)COc1ccc(C(C)=NOCC)cc1. The van der Waals surface area contributed by atoms with Crippen LogP contribution in [0, 0.1) is 0 Å². The molecule has 0 atom stereocenters. The van der Waals surface area contributed by atoms with Gasteiger partial charge in [0.1, 0.15) is 19.0 Å². The molecule has 1 aromatic rings. The van der Waals surface area contributed by atoms with E-state index in [0.29, 0.717) is 13.2 Å². The Hall–Kier alpha value is -1.77. The van der Waals surface area contributed by atoms with Gasteiger partial charge in [0.05, 0.1) is 5.71 Å². The van der Waals surface area contributed by atoms with Crippen molar-refractivity contribution < 1.29 is 9.57 Å². The van der Waals surface area contributed by atoms with Crippen LogP contribution in [0.1, 0.15) is 32.8 Å². The summed E-state index contributed by atoms with van der Waals surface area (Å²) in [7, 11) is 0. The normalized spacial score (nSPS) is 11.2. The minimum absolute atomic E-state index is 0.571. The molecule has 0 aliphatic rings. The minimum atomic E-state index is 0.571. The fourth-order valence-corrected chi connectivity index (χ4v) is 1.29. The van der Waals surface area contributed by atoms with Crippen LogP contribution >= 0.6 is 0 Å². The number of ether oxygens (including phenoxy) is 1. The number of hydrogen-bond acceptors (Lipinski definition) is 3. The Morgan fingerprint density at radius 3 is 2.44 bits per heavy atom. The molecule has 1 rings (SSSR count). The summed E-state index contributed by atoms with van der Waals surface area (Å²) in [5.74, 6) is 0.845. The van der Waals surface area contributed by atoms with E-state index in [0.717, 1.165) is 29.0 Å². The average Bonchev–Trinajstić information content (AvgIpc) is 2.42. The lowest BCUT2D eigenvalue weighted by atomic mass is 10.1. The van der Waals surface area contributed by atoms with Crippen LogP contribution in [0.3, 0.4) is 0 Å². The summed E-state index contributed by atoms with van der Waals surface area (Å²) in [5.41, 5.74) is 2.99. The van der Waals surface area contributed by atoms with Crippen LogP contribution < -0.4 is 4.74 Å².